The van der Waals surface area contributed by atoms with Gasteiger partial charge in [0.15, 0.2) is 16.8 Å². The second-order valence-corrected chi connectivity index (χ2v) is 5.26. The maximum Gasteiger partial charge on any atom is 0.300 e. The number of oxazole rings is 1. The second-order valence-electron chi connectivity index (χ2n) is 5.26. The molecule has 0 unspecified atom stereocenters. The zero-order valence-corrected chi connectivity index (χ0v) is 12.7. The highest BCUT2D eigenvalue weighted by Gasteiger charge is 2.16. The van der Waals surface area contributed by atoms with Crippen molar-refractivity contribution < 1.29 is 14.3 Å². The van der Waals surface area contributed by atoms with E-state index in [-0.39, 0.29) is 22.8 Å². The molecule has 6 heteroatoms. The molecule has 3 aromatic rings. The third kappa shape index (κ3) is 2.96. The van der Waals surface area contributed by atoms with Crippen molar-refractivity contribution in [1.82, 2.24) is 4.98 Å². The molecule has 1 amide bonds. The SMILES string of the molecule is CCCc1ccc(Nc2nc3c(O)c(C(N)=O)ccc3o2)cc1. The number of carbonyl (C=O) groups excluding carboxylic acids is 1. The van der Waals surface area contributed by atoms with Gasteiger partial charge in [-0.05, 0) is 36.2 Å². The topological polar surface area (TPSA) is 101 Å². The highest BCUT2D eigenvalue weighted by molar-refractivity contribution is 6.00. The molecule has 0 bridgehead atoms. The van der Waals surface area contributed by atoms with Crippen LogP contribution in [0.4, 0.5) is 11.7 Å². The Labute approximate surface area is 132 Å². The van der Waals surface area contributed by atoms with E-state index in [1.165, 1.54) is 11.6 Å². The molecule has 0 spiro atoms. The fourth-order valence-corrected chi connectivity index (χ4v) is 2.40. The Morgan fingerprint density at radius 3 is 2.65 bits per heavy atom. The highest BCUT2D eigenvalue weighted by Crippen LogP contribution is 2.31. The number of aryl methyl sites for hydroxylation is 1. The van der Waals surface area contributed by atoms with E-state index in [0.717, 1.165) is 18.5 Å². The molecule has 0 aliphatic carbocycles. The number of aromatic nitrogens is 1. The van der Waals surface area contributed by atoms with Crippen molar-refractivity contribution in [3.63, 3.8) is 0 Å². The van der Waals surface area contributed by atoms with Crippen LogP contribution in [-0.2, 0) is 6.42 Å². The summed E-state index contributed by atoms with van der Waals surface area (Å²) in [7, 11) is 0. The lowest BCUT2D eigenvalue weighted by Gasteiger charge is -2.03. The molecular formula is C17H17N3O3. The van der Waals surface area contributed by atoms with Gasteiger partial charge in [0.05, 0.1) is 5.56 Å². The van der Waals surface area contributed by atoms with Gasteiger partial charge in [-0.15, -0.1) is 0 Å². The van der Waals surface area contributed by atoms with Crippen LogP contribution in [0, 0.1) is 0 Å². The molecule has 118 valence electrons. The van der Waals surface area contributed by atoms with E-state index in [2.05, 4.69) is 17.2 Å². The highest BCUT2D eigenvalue weighted by atomic mass is 16.4. The molecule has 0 radical (unpaired) electrons. The van der Waals surface area contributed by atoms with Gasteiger partial charge < -0.3 is 20.6 Å². The summed E-state index contributed by atoms with van der Waals surface area (Å²) < 4.78 is 5.53. The Bertz CT molecular complexity index is 853. The molecule has 0 aliphatic rings. The van der Waals surface area contributed by atoms with Crippen molar-refractivity contribution in [3.05, 3.63) is 47.5 Å². The van der Waals surface area contributed by atoms with Crippen molar-refractivity contribution in [3.8, 4) is 5.75 Å². The van der Waals surface area contributed by atoms with Gasteiger partial charge in [0.25, 0.3) is 11.9 Å². The summed E-state index contributed by atoms with van der Waals surface area (Å²) in [5, 5.41) is 13.1. The minimum atomic E-state index is -0.714. The van der Waals surface area contributed by atoms with Gasteiger partial charge in [-0.2, -0.15) is 4.98 Å². The Hall–Kier alpha value is -3.02. The third-order valence-electron chi connectivity index (χ3n) is 3.54. The number of nitrogens with zero attached hydrogens (tertiary/aromatic N) is 1. The van der Waals surface area contributed by atoms with Gasteiger partial charge in [-0.1, -0.05) is 25.5 Å². The lowest BCUT2D eigenvalue weighted by Crippen LogP contribution is -2.10. The maximum absolute atomic E-state index is 11.2. The number of phenols is 1. The molecule has 1 heterocycles. The predicted octanol–water partition coefficient (Wildman–Crippen LogP) is 3.33. The molecule has 0 atom stereocenters. The van der Waals surface area contributed by atoms with E-state index in [4.69, 9.17) is 10.2 Å². The molecule has 4 N–H and O–H groups in total. The van der Waals surface area contributed by atoms with Gasteiger partial charge in [-0.25, -0.2) is 0 Å². The normalized spacial score (nSPS) is 10.8. The molecule has 2 aromatic carbocycles. The fourth-order valence-electron chi connectivity index (χ4n) is 2.40. The van der Waals surface area contributed by atoms with Gasteiger partial charge in [-0.3, -0.25) is 4.79 Å². The smallest absolute Gasteiger partial charge is 0.300 e. The summed E-state index contributed by atoms with van der Waals surface area (Å²) in [6.07, 6.45) is 2.13. The number of nitrogens with two attached hydrogens (primary N) is 1. The van der Waals surface area contributed by atoms with Crippen LogP contribution in [0.15, 0.2) is 40.8 Å². The van der Waals surface area contributed by atoms with Crippen molar-refractivity contribution in [2.24, 2.45) is 5.73 Å². The molecule has 0 saturated carbocycles. The van der Waals surface area contributed by atoms with Crippen LogP contribution in [0.25, 0.3) is 11.1 Å². The van der Waals surface area contributed by atoms with Crippen LogP contribution in [-0.4, -0.2) is 16.0 Å². The molecule has 1 aromatic heterocycles. The molecular weight excluding hydrogens is 294 g/mol. The zero-order valence-electron chi connectivity index (χ0n) is 12.7. The Morgan fingerprint density at radius 1 is 1.26 bits per heavy atom. The first-order valence-corrected chi connectivity index (χ1v) is 7.36. The number of benzene rings is 2. The van der Waals surface area contributed by atoms with Crippen LogP contribution in [0.1, 0.15) is 29.3 Å². The van der Waals surface area contributed by atoms with Crippen molar-refractivity contribution in [2.75, 3.05) is 5.32 Å². The summed E-state index contributed by atoms with van der Waals surface area (Å²) in [5.74, 6) is -0.987. The number of hydrogen-bond acceptors (Lipinski definition) is 5. The van der Waals surface area contributed by atoms with E-state index >= 15 is 0 Å². The second kappa shape index (κ2) is 6.00. The number of amides is 1. The molecule has 3 rings (SSSR count). The van der Waals surface area contributed by atoms with Crippen molar-refractivity contribution in [1.29, 1.82) is 0 Å². The third-order valence-corrected chi connectivity index (χ3v) is 3.54. The number of hydrogen-bond donors (Lipinski definition) is 3. The molecule has 0 fully saturated rings. The first kappa shape index (κ1) is 14.9. The summed E-state index contributed by atoms with van der Waals surface area (Å²) in [6, 6.07) is 11.2. The number of rotatable bonds is 5. The number of carbonyl (C=O) groups is 1. The minimum absolute atomic E-state index is 0.0151. The zero-order chi connectivity index (χ0) is 16.4. The number of fused-ring (bicyclic) bond motifs is 1. The van der Waals surface area contributed by atoms with Gasteiger partial charge in [0, 0.05) is 5.69 Å². The Morgan fingerprint density at radius 2 is 2.00 bits per heavy atom. The molecule has 0 saturated heterocycles. The predicted molar refractivity (Wildman–Crippen MR) is 87.9 cm³/mol. The first-order valence-electron chi connectivity index (χ1n) is 7.36. The van der Waals surface area contributed by atoms with E-state index < -0.39 is 5.91 Å². The maximum atomic E-state index is 11.2. The summed E-state index contributed by atoms with van der Waals surface area (Å²) in [4.78, 5) is 15.4. The quantitative estimate of drug-likeness (QED) is 0.671. The van der Waals surface area contributed by atoms with E-state index in [9.17, 15) is 9.90 Å². The summed E-state index contributed by atoms with van der Waals surface area (Å²) >= 11 is 0. The van der Waals surface area contributed by atoms with Crippen LogP contribution in [0.5, 0.6) is 5.75 Å². The van der Waals surface area contributed by atoms with Crippen molar-refractivity contribution in [2.45, 2.75) is 19.8 Å². The average molecular weight is 311 g/mol. The Kier molecular flexibility index (Phi) is 3.89. The lowest BCUT2D eigenvalue weighted by atomic mass is 10.1. The van der Waals surface area contributed by atoms with Crippen LogP contribution in [0.3, 0.4) is 0 Å². The van der Waals surface area contributed by atoms with Gasteiger partial charge >= 0.3 is 0 Å². The number of primary amides is 1. The molecule has 23 heavy (non-hydrogen) atoms. The first-order chi connectivity index (χ1) is 11.1. The average Bonchev–Trinajstić information content (AvgIpc) is 2.93. The van der Waals surface area contributed by atoms with Gasteiger partial charge in [0.2, 0.25) is 0 Å². The molecule has 6 nitrogen and oxygen atoms in total. The minimum Gasteiger partial charge on any atom is -0.505 e. The van der Waals surface area contributed by atoms with E-state index in [1.54, 1.807) is 6.07 Å². The van der Waals surface area contributed by atoms with Crippen LogP contribution < -0.4 is 11.1 Å². The van der Waals surface area contributed by atoms with Crippen LogP contribution in [0.2, 0.25) is 0 Å². The number of nitrogens with one attached hydrogen (secondary N) is 1. The van der Waals surface area contributed by atoms with Crippen LogP contribution >= 0.6 is 0 Å². The fraction of sp³-hybridized carbons (Fsp3) is 0.176. The Balaban J connectivity index is 1.88. The van der Waals surface area contributed by atoms with Crippen molar-refractivity contribution >= 4 is 28.7 Å². The van der Waals surface area contributed by atoms with E-state index in [0.29, 0.717) is 5.58 Å². The standard InChI is InChI=1S/C17H17N3O3/c1-2-3-10-4-6-11(7-5-10)19-17-20-14-13(23-17)9-8-12(15(14)21)16(18)22/h4-9,21H,2-3H2,1H3,(H2,18,22)(H,19,20). The summed E-state index contributed by atoms with van der Waals surface area (Å²) in [6.45, 7) is 2.14. The number of anilines is 2. The van der Waals surface area contributed by atoms with E-state index in [1.807, 2.05) is 24.3 Å². The number of aromatic hydroxyl groups is 1. The molecule has 0 aliphatic heterocycles. The van der Waals surface area contributed by atoms with Gasteiger partial charge in [0.1, 0.15) is 0 Å². The lowest BCUT2D eigenvalue weighted by molar-refractivity contribution is 0.0998. The largest absolute Gasteiger partial charge is 0.505 e. The summed E-state index contributed by atoms with van der Waals surface area (Å²) in [5.41, 5.74) is 7.88. The monoisotopic (exact) mass is 311 g/mol.